The van der Waals surface area contributed by atoms with Crippen molar-refractivity contribution in [3.63, 3.8) is 0 Å². The third-order valence-corrected chi connectivity index (χ3v) is 9.09. The van der Waals surface area contributed by atoms with E-state index in [0.717, 1.165) is 11.3 Å². The molecule has 0 spiro atoms. The molecule has 0 radical (unpaired) electrons. The van der Waals surface area contributed by atoms with Crippen molar-refractivity contribution >= 4 is 48.7 Å². The Balaban J connectivity index is 1.82. The molecule has 3 rings (SSSR count). The summed E-state index contributed by atoms with van der Waals surface area (Å²) in [5.41, 5.74) is 0.324. The lowest BCUT2D eigenvalue weighted by Crippen LogP contribution is -2.08. The van der Waals surface area contributed by atoms with Crippen LogP contribution in [0, 0.1) is 0 Å². The van der Waals surface area contributed by atoms with Crippen molar-refractivity contribution in [2.75, 3.05) is 6.26 Å². The van der Waals surface area contributed by atoms with Gasteiger partial charge in [0.05, 0.1) is 15.3 Å². The van der Waals surface area contributed by atoms with E-state index in [0.29, 0.717) is 10.6 Å². The van der Waals surface area contributed by atoms with E-state index in [9.17, 15) is 17.4 Å². The molecule has 10 heteroatoms. The van der Waals surface area contributed by atoms with Crippen molar-refractivity contribution in [1.29, 1.82) is 0 Å². The number of hydrogen-bond acceptors (Lipinski definition) is 6. The Kier molecular flexibility index (Phi) is 5.90. The first kappa shape index (κ1) is 20.5. The Morgan fingerprint density at radius 3 is 2.21 bits per heavy atom. The molecule has 3 aromatic rings. The van der Waals surface area contributed by atoms with E-state index in [1.54, 1.807) is 23.6 Å². The van der Waals surface area contributed by atoms with Crippen molar-refractivity contribution in [2.45, 2.75) is 9.10 Å². The molecule has 1 aromatic heterocycles. The standard InChI is InChI=1S/C18H14ClNO5S3/c1-27(22,20-28(23,24)17-3-2-12-26-17)16-10-8-15(9-11-16)25-18(21)13-4-6-14(19)7-5-13/h2-12H,1H3. The van der Waals surface area contributed by atoms with E-state index in [-0.39, 0.29) is 14.9 Å². The van der Waals surface area contributed by atoms with Gasteiger partial charge in [0.25, 0.3) is 10.0 Å². The van der Waals surface area contributed by atoms with Crippen LogP contribution in [0.4, 0.5) is 0 Å². The van der Waals surface area contributed by atoms with Crippen molar-refractivity contribution in [2.24, 2.45) is 3.77 Å². The molecule has 146 valence electrons. The molecule has 1 unspecified atom stereocenters. The Hall–Kier alpha value is -2.20. The van der Waals surface area contributed by atoms with Gasteiger partial charge in [-0.2, -0.15) is 8.42 Å². The quantitative estimate of drug-likeness (QED) is 0.418. The Morgan fingerprint density at radius 1 is 1.00 bits per heavy atom. The highest BCUT2D eigenvalue weighted by Gasteiger charge is 2.18. The van der Waals surface area contributed by atoms with Crippen LogP contribution in [0.1, 0.15) is 10.4 Å². The predicted molar refractivity (Wildman–Crippen MR) is 109 cm³/mol. The highest BCUT2D eigenvalue weighted by molar-refractivity contribution is 8.03. The molecule has 0 aliphatic heterocycles. The van der Waals surface area contributed by atoms with E-state index >= 15 is 0 Å². The number of rotatable bonds is 5. The highest BCUT2D eigenvalue weighted by atomic mass is 35.5. The zero-order valence-corrected chi connectivity index (χ0v) is 17.6. The Labute approximate surface area is 172 Å². The summed E-state index contributed by atoms with van der Waals surface area (Å²) in [6.07, 6.45) is 1.24. The zero-order chi connectivity index (χ0) is 20.4. The topological polar surface area (TPSA) is 89.9 Å². The van der Waals surface area contributed by atoms with Gasteiger partial charge in [-0.1, -0.05) is 17.7 Å². The summed E-state index contributed by atoms with van der Waals surface area (Å²) in [4.78, 5) is 12.3. The fourth-order valence-corrected chi connectivity index (χ4v) is 6.72. The van der Waals surface area contributed by atoms with Crippen LogP contribution >= 0.6 is 22.9 Å². The lowest BCUT2D eigenvalue weighted by atomic mass is 10.2. The molecule has 28 heavy (non-hydrogen) atoms. The fraction of sp³-hybridized carbons (Fsp3) is 0.0556. The van der Waals surface area contributed by atoms with Crippen molar-refractivity contribution < 1.29 is 22.2 Å². The van der Waals surface area contributed by atoms with E-state index in [1.807, 2.05) is 0 Å². The molecule has 6 nitrogen and oxygen atoms in total. The van der Waals surface area contributed by atoms with Gasteiger partial charge in [-0.15, -0.1) is 15.1 Å². The number of carbonyl (C=O) groups excluding carboxylic acids is 1. The maximum atomic E-state index is 12.8. The monoisotopic (exact) mass is 455 g/mol. The number of halogens is 1. The maximum absolute atomic E-state index is 12.8. The van der Waals surface area contributed by atoms with Crippen LogP contribution in [0.15, 0.2) is 78.9 Å². The third-order valence-electron chi connectivity index (χ3n) is 3.54. The lowest BCUT2D eigenvalue weighted by molar-refractivity contribution is 0.0734. The van der Waals surface area contributed by atoms with Crippen LogP contribution in [-0.4, -0.2) is 24.9 Å². The third kappa shape index (κ3) is 4.79. The van der Waals surface area contributed by atoms with Gasteiger partial charge >= 0.3 is 5.97 Å². The molecule has 0 fully saturated rings. The highest BCUT2D eigenvalue weighted by Crippen LogP contribution is 2.24. The number of benzene rings is 2. The van der Waals surface area contributed by atoms with Crippen LogP contribution in [0.5, 0.6) is 5.75 Å². The summed E-state index contributed by atoms with van der Waals surface area (Å²) in [5, 5.41) is 2.10. The summed E-state index contributed by atoms with van der Waals surface area (Å²) in [5.74, 6) is -0.355. The van der Waals surface area contributed by atoms with E-state index in [4.69, 9.17) is 16.3 Å². The van der Waals surface area contributed by atoms with Crippen LogP contribution in [0.3, 0.4) is 0 Å². The summed E-state index contributed by atoms with van der Waals surface area (Å²) in [6.45, 7) is 0. The Morgan fingerprint density at radius 2 is 1.64 bits per heavy atom. The summed E-state index contributed by atoms with van der Waals surface area (Å²) in [6, 6.07) is 14.9. The van der Waals surface area contributed by atoms with Gasteiger partial charge in [-0.3, -0.25) is 0 Å². The SMILES string of the molecule is CS(=O)(=NS(=O)(=O)c1cccs1)c1ccc(OC(=O)c2ccc(Cl)cc2)cc1. The normalized spacial score (nSPS) is 13.5. The molecule has 1 atom stereocenters. The maximum Gasteiger partial charge on any atom is 0.343 e. The predicted octanol–water partition coefficient (Wildman–Crippen LogP) is 4.47. The van der Waals surface area contributed by atoms with Gasteiger partial charge in [0, 0.05) is 16.2 Å². The summed E-state index contributed by atoms with van der Waals surface area (Å²) in [7, 11) is -7.23. The van der Waals surface area contributed by atoms with E-state index in [2.05, 4.69) is 3.77 Å². The number of nitrogens with zero attached hydrogens (tertiary/aromatic N) is 1. The van der Waals surface area contributed by atoms with E-state index < -0.39 is 25.7 Å². The number of carbonyl (C=O) groups is 1. The molecule has 0 amide bonds. The average molecular weight is 456 g/mol. The van der Waals surface area contributed by atoms with Crippen LogP contribution in [-0.2, 0) is 19.8 Å². The first-order valence-corrected chi connectivity index (χ1v) is 12.4. The molecular weight excluding hydrogens is 442 g/mol. The number of ether oxygens (including phenoxy) is 1. The summed E-state index contributed by atoms with van der Waals surface area (Å²) >= 11 is 6.79. The van der Waals surface area contributed by atoms with Crippen molar-refractivity contribution in [3.05, 3.63) is 76.6 Å². The molecule has 1 heterocycles. The van der Waals surface area contributed by atoms with Gasteiger partial charge in [0.1, 0.15) is 9.96 Å². The molecular formula is C18H14ClNO5S3. The smallest absolute Gasteiger partial charge is 0.343 e. The minimum atomic E-state index is -4.02. The van der Waals surface area contributed by atoms with Gasteiger partial charge in [-0.05, 0) is 60.0 Å². The van der Waals surface area contributed by atoms with Gasteiger partial charge in [0.2, 0.25) is 0 Å². The summed E-state index contributed by atoms with van der Waals surface area (Å²) < 4.78 is 46.2. The van der Waals surface area contributed by atoms with Crippen molar-refractivity contribution in [3.8, 4) is 5.75 Å². The second kappa shape index (κ2) is 8.04. The molecule has 2 aromatic carbocycles. The van der Waals surface area contributed by atoms with Gasteiger partial charge in [0.15, 0.2) is 0 Å². The number of hydrogen-bond donors (Lipinski definition) is 0. The minimum Gasteiger partial charge on any atom is -0.423 e. The second-order valence-electron chi connectivity index (χ2n) is 5.65. The van der Waals surface area contributed by atoms with Gasteiger partial charge in [-0.25, -0.2) is 9.00 Å². The zero-order valence-electron chi connectivity index (χ0n) is 14.4. The largest absolute Gasteiger partial charge is 0.423 e. The molecule has 0 bridgehead atoms. The van der Waals surface area contributed by atoms with E-state index in [1.165, 1.54) is 48.7 Å². The molecule has 0 saturated carbocycles. The molecule has 0 N–H and O–H groups in total. The van der Waals surface area contributed by atoms with Gasteiger partial charge < -0.3 is 4.74 Å². The minimum absolute atomic E-state index is 0.0237. The van der Waals surface area contributed by atoms with Crippen LogP contribution in [0.2, 0.25) is 5.02 Å². The molecule has 0 aliphatic rings. The Bertz CT molecular complexity index is 1210. The lowest BCUT2D eigenvalue weighted by Gasteiger charge is -2.07. The number of thiophene rings is 1. The molecule has 0 saturated heterocycles. The second-order valence-corrected chi connectivity index (χ2v) is 11.4. The molecule has 0 aliphatic carbocycles. The van der Waals surface area contributed by atoms with Crippen molar-refractivity contribution in [1.82, 2.24) is 0 Å². The van der Waals surface area contributed by atoms with Crippen LogP contribution < -0.4 is 4.74 Å². The average Bonchev–Trinajstić information content (AvgIpc) is 3.17. The number of sulfonamides is 1. The van der Waals surface area contributed by atoms with Crippen LogP contribution in [0.25, 0.3) is 0 Å². The first-order valence-electron chi connectivity index (χ1n) is 7.77. The first-order chi connectivity index (χ1) is 13.2. The number of esters is 1. The fourth-order valence-electron chi connectivity index (χ4n) is 2.19.